The molecule has 1 saturated carbocycles. The number of aryl methyl sites for hydroxylation is 1. The van der Waals surface area contributed by atoms with E-state index in [9.17, 15) is 4.79 Å². The summed E-state index contributed by atoms with van der Waals surface area (Å²) in [6.45, 7) is 2.57. The van der Waals surface area contributed by atoms with Crippen molar-refractivity contribution < 1.29 is 4.79 Å². The van der Waals surface area contributed by atoms with Gasteiger partial charge >= 0.3 is 0 Å². The standard InChI is InChI=1S/C14H21N3O/c1-9-7-11(5-6-12(9)14(16)18)17(2)13(8-15)10-3-4-10/h5-7,10,13H,3-4,8,15H2,1-2H3,(H2,16,18). The smallest absolute Gasteiger partial charge is 0.248 e. The van der Waals surface area contributed by atoms with Gasteiger partial charge < -0.3 is 16.4 Å². The van der Waals surface area contributed by atoms with Crippen molar-refractivity contribution in [2.75, 3.05) is 18.5 Å². The first-order chi connectivity index (χ1) is 8.54. The monoisotopic (exact) mass is 247 g/mol. The Hall–Kier alpha value is -1.55. The van der Waals surface area contributed by atoms with Crippen LogP contribution in [-0.2, 0) is 0 Å². The highest BCUT2D eigenvalue weighted by molar-refractivity contribution is 5.94. The third kappa shape index (κ3) is 2.48. The summed E-state index contributed by atoms with van der Waals surface area (Å²) in [7, 11) is 2.06. The van der Waals surface area contributed by atoms with Gasteiger partial charge in [0.25, 0.3) is 0 Å². The fourth-order valence-electron chi connectivity index (χ4n) is 2.48. The Morgan fingerprint density at radius 3 is 2.61 bits per heavy atom. The van der Waals surface area contributed by atoms with E-state index >= 15 is 0 Å². The lowest BCUT2D eigenvalue weighted by atomic mass is 10.1. The van der Waals surface area contributed by atoms with E-state index in [0.717, 1.165) is 17.2 Å². The van der Waals surface area contributed by atoms with Crippen LogP contribution in [0.2, 0.25) is 0 Å². The average Bonchev–Trinajstić information content (AvgIpc) is 3.13. The quantitative estimate of drug-likeness (QED) is 0.823. The van der Waals surface area contributed by atoms with Crippen LogP contribution >= 0.6 is 0 Å². The zero-order chi connectivity index (χ0) is 13.3. The first-order valence-electron chi connectivity index (χ1n) is 6.38. The number of rotatable bonds is 5. The lowest BCUT2D eigenvalue weighted by Crippen LogP contribution is -2.39. The lowest BCUT2D eigenvalue weighted by molar-refractivity contribution is 0.1000. The molecule has 1 aliphatic rings. The van der Waals surface area contributed by atoms with Gasteiger partial charge in [0.1, 0.15) is 0 Å². The van der Waals surface area contributed by atoms with E-state index in [0.29, 0.717) is 18.2 Å². The maximum absolute atomic E-state index is 11.2. The maximum atomic E-state index is 11.2. The fourth-order valence-corrected chi connectivity index (χ4v) is 2.48. The van der Waals surface area contributed by atoms with Gasteiger partial charge in [-0.05, 0) is 49.4 Å². The normalized spacial score (nSPS) is 16.4. The van der Waals surface area contributed by atoms with Crippen molar-refractivity contribution in [2.24, 2.45) is 17.4 Å². The molecule has 1 aliphatic carbocycles. The number of anilines is 1. The molecule has 1 atom stereocenters. The van der Waals surface area contributed by atoms with Crippen LogP contribution in [0.25, 0.3) is 0 Å². The maximum Gasteiger partial charge on any atom is 0.248 e. The zero-order valence-corrected chi connectivity index (χ0v) is 11.0. The first kappa shape index (κ1) is 12.9. The van der Waals surface area contributed by atoms with Crippen LogP contribution < -0.4 is 16.4 Å². The third-order valence-electron chi connectivity index (χ3n) is 3.79. The fraction of sp³-hybridized carbons (Fsp3) is 0.500. The van der Waals surface area contributed by atoms with E-state index in [1.54, 1.807) is 6.07 Å². The molecule has 0 spiro atoms. The highest BCUT2D eigenvalue weighted by Crippen LogP contribution is 2.36. The number of hydrogen-bond acceptors (Lipinski definition) is 3. The molecule has 0 aliphatic heterocycles. The molecule has 4 N–H and O–H groups in total. The Labute approximate surface area is 108 Å². The highest BCUT2D eigenvalue weighted by atomic mass is 16.1. The van der Waals surface area contributed by atoms with E-state index in [2.05, 4.69) is 11.9 Å². The first-order valence-corrected chi connectivity index (χ1v) is 6.38. The molecule has 4 heteroatoms. The molecule has 18 heavy (non-hydrogen) atoms. The van der Waals surface area contributed by atoms with Crippen LogP contribution in [-0.4, -0.2) is 25.5 Å². The predicted molar refractivity (Wildman–Crippen MR) is 73.7 cm³/mol. The molecule has 0 aromatic heterocycles. The molecule has 98 valence electrons. The molecule has 1 amide bonds. The summed E-state index contributed by atoms with van der Waals surface area (Å²) in [6.07, 6.45) is 2.54. The van der Waals surface area contributed by atoms with Gasteiger partial charge in [-0.2, -0.15) is 0 Å². The van der Waals surface area contributed by atoms with E-state index in [-0.39, 0.29) is 5.91 Å². The topological polar surface area (TPSA) is 72.3 Å². The third-order valence-corrected chi connectivity index (χ3v) is 3.79. The molecular formula is C14H21N3O. The van der Waals surface area contributed by atoms with Crippen molar-refractivity contribution in [3.8, 4) is 0 Å². The molecule has 1 unspecified atom stereocenters. The van der Waals surface area contributed by atoms with E-state index in [4.69, 9.17) is 11.5 Å². The Kier molecular flexibility index (Phi) is 3.57. The minimum Gasteiger partial charge on any atom is -0.370 e. The molecule has 0 bridgehead atoms. The van der Waals surface area contributed by atoms with E-state index in [1.165, 1.54) is 12.8 Å². The summed E-state index contributed by atoms with van der Waals surface area (Å²) in [5, 5.41) is 0. The number of likely N-dealkylation sites (N-methyl/N-ethyl adjacent to an activating group) is 1. The zero-order valence-electron chi connectivity index (χ0n) is 11.0. The van der Waals surface area contributed by atoms with Gasteiger partial charge in [-0.25, -0.2) is 0 Å². The SMILES string of the molecule is Cc1cc(N(C)C(CN)C2CC2)ccc1C(N)=O. The van der Waals surface area contributed by atoms with Gasteiger partial charge in [0.05, 0.1) is 0 Å². The molecule has 1 aromatic carbocycles. The Morgan fingerprint density at radius 2 is 2.17 bits per heavy atom. The van der Waals surface area contributed by atoms with Gasteiger partial charge in [0.2, 0.25) is 5.91 Å². The number of primary amides is 1. The number of nitrogens with two attached hydrogens (primary N) is 2. The van der Waals surface area contributed by atoms with Gasteiger partial charge in [-0.15, -0.1) is 0 Å². The minimum absolute atomic E-state index is 0.376. The van der Waals surface area contributed by atoms with Crippen molar-refractivity contribution in [1.29, 1.82) is 0 Å². The number of benzene rings is 1. The van der Waals surface area contributed by atoms with Crippen LogP contribution in [0, 0.1) is 12.8 Å². The van der Waals surface area contributed by atoms with Crippen molar-refractivity contribution in [3.63, 3.8) is 0 Å². The van der Waals surface area contributed by atoms with Gasteiger partial charge in [-0.1, -0.05) is 0 Å². The predicted octanol–water partition coefficient (Wildman–Crippen LogP) is 1.27. The van der Waals surface area contributed by atoms with Gasteiger partial charge in [0.15, 0.2) is 0 Å². The minimum atomic E-state index is -0.376. The molecule has 4 nitrogen and oxygen atoms in total. The van der Waals surface area contributed by atoms with E-state index < -0.39 is 0 Å². The summed E-state index contributed by atoms with van der Waals surface area (Å²) < 4.78 is 0. The number of carbonyl (C=O) groups is 1. The van der Waals surface area contributed by atoms with Crippen molar-refractivity contribution >= 4 is 11.6 Å². The molecule has 0 radical (unpaired) electrons. The Morgan fingerprint density at radius 1 is 1.50 bits per heavy atom. The summed E-state index contributed by atoms with van der Waals surface area (Å²) in [5.41, 5.74) is 13.8. The van der Waals surface area contributed by atoms with Crippen LogP contribution in [0.15, 0.2) is 18.2 Å². The van der Waals surface area contributed by atoms with Gasteiger partial charge in [-0.3, -0.25) is 4.79 Å². The van der Waals surface area contributed by atoms with Crippen LogP contribution in [0.3, 0.4) is 0 Å². The summed E-state index contributed by atoms with van der Waals surface area (Å²) >= 11 is 0. The van der Waals surface area contributed by atoms with Crippen LogP contribution in [0.5, 0.6) is 0 Å². The van der Waals surface area contributed by atoms with Crippen molar-refractivity contribution in [1.82, 2.24) is 0 Å². The molecule has 1 fully saturated rings. The van der Waals surface area contributed by atoms with E-state index in [1.807, 2.05) is 19.1 Å². The number of hydrogen-bond donors (Lipinski definition) is 2. The second kappa shape index (κ2) is 4.98. The molecule has 0 saturated heterocycles. The Balaban J connectivity index is 2.22. The molecule has 0 heterocycles. The number of nitrogens with zero attached hydrogens (tertiary/aromatic N) is 1. The summed E-state index contributed by atoms with van der Waals surface area (Å²) in [4.78, 5) is 13.4. The summed E-state index contributed by atoms with van der Waals surface area (Å²) in [5.74, 6) is 0.343. The Bertz CT molecular complexity index is 454. The van der Waals surface area contributed by atoms with Crippen LogP contribution in [0.4, 0.5) is 5.69 Å². The second-order valence-corrected chi connectivity index (χ2v) is 5.11. The largest absolute Gasteiger partial charge is 0.370 e. The van der Waals surface area contributed by atoms with Crippen molar-refractivity contribution in [3.05, 3.63) is 29.3 Å². The lowest BCUT2D eigenvalue weighted by Gasteiger charge is -2.29. The molecule has 2 rings (SSSR count). The molecule has 1 aromatic rings. The van der Waals surface area contributed by atoms with Crippen LogP contribution in [0.1, 0.15) is 28.8 Å². The second-order valence-electron chi connectivity index (χ2n) is 5.11. The van der Waals surface area contributed by atoms with Crippen molar-refractivity contribution in [2.45, 2.75) is 25.8 Å². The average molecular weight is 247 g/mol. The molecular weight excluding hydrogens is 226 g/mol. The summed E-state index contributed by atoms with van der Waals surface area (Å²) in [6, 6.07) is 6.14. The highest BCUT2D eigenvalue weighted by Gasteiger charge is 2.33. The number of amides is 1. The van der Waals surface area contributed by atoms with Gasteiger partial charge in [0, 0.05) is 30.9 Å². The number of carbonyl (C=O) groups excluding carboxylic acids is 1.